The number of nitrogens with zero attached hydrogens (tertiary/aromatic N) is 2. The number of hydrogen-bond donors (Lipinski definition) is 2. The minimum atomic E-state index is -0.886. The van der Waals surface area contributed by atoms with Crippen molar-refractivity contribution >= 4 is 28.9 Å². The number of carbonyl (C=O) groups excluding carboxylic acids is 1. The number of carboxylic acid groups (broad SMARTS) is 1. The van der Waals surface area contributed by atoms with Gasteiger partial charge in [-0.25, -0.2) is 0 Å². The number of carbonyl (C=O) groups is 2. The predicted molar refractivity (Wildman–Crippen MR) is 108 cm³/mol. The van der Waals surface area contributed by atoms with Crippen LogP contribution in [0.15, 0.2) is 52.7 Å². The number of rotatable bonds is 5. The average Bonchev–Trinajstić information content (AvgIpc) is 2.68. The molecular weight excluding hydrogens is 354 g/mol. The zero-order valence-corrected chi connectivity index (χ0v) is 16.2. The number of benzene rings is 2. The zero-order chi connectivity index (χ0) is 20.1. The molecule has 146 valence electrons. The predicted octanol–water partition coefficient (Wildman–Crippen LogP) is 5.55. The van der Waals surface area contributed by atoms with E-state index in [1.165, 1.54) is 0 Å². The number of carboxylic acids is 1. The zero-order valence-electron chi connectivity index (χ0n) is 16.2. The molecule has 2 atom stereocenters. The highest BCUT2D eigenvalue weighted by molar-refractivity contribution is 5.95. The molecule has 2 aromatic carbocycles. The normalized spacial score (nSPS) is 19.5. The molecule has 6 heteroatoms. The summed E-state index contributed by atoms with van der Waals surface area (Å²) in [5.41, 5.74) is 4.12. The molecule has 0 aromatic heterocycles. The molecule has 2 unspecified atom stereocenters. The Hall–Kier alpha value is -3.02. The summed E-state index contributed by atoms with van der Waals surface area (Å²) < 4.78 is 0. The highest BCUT2D eigenvalue weighted by atomic mass is 16.4. The van der Waals surface area contributed by atoms with E-state index in [-0.39, 0.29) is 5.91 Å². The molecule has 0 aliphatic heterocycles. The topological polar surface area (TPSA) is 91.1 Å². The largest absolute Gasteiger partial charge is 0.481 e. The van der Waals surface area contributed by atoms with Crippen molar-refractivity contribution in [3.05, 3.63) is 53.6 Å². The minimum absolute atomic E-state index is 0.221. The van der Waals surface area contributed by atoms with Crippen LogP contribution in [0.1, 0.15) is 36.8 Å². The van der Waals surface area contributed by atoms with Crippen molar-refractivity contribution in [2.24, 2.45) is 22.1 Å². The molecule has 0 bridgehead atoms. The first-order valence-corrected chi connectivity index (χ1v) is 9.57. The van der Waals surface area contributed by atoms with Gasteiger partial charge in [0.05, 0.1) is 23.2 Å². The lowest BCUT2D eigenvalue weighted by molar-refractivity contribution is -0.147. The van der Waals surface area contributed by atoms with Crippen molar-refractivity contribution in [2.75, 3.05) is 5.32 Å². The standard InChI is InChI=1S/C22H25N3O3/c1-14-7-3-6-10-19(14)24-25-20-12-11-16(13-15(20)2)23-21(26)17-8-4-5-9-18(17)22(27)28/h3,6-7,10-13,17-18H,4-5,8-9H2,1-2H3,(H,23,26)(H,27,28). The van der Waals surface area contributed by atoms with Gasteiger partial charge in [0.2, 0.25) is 5.91 Å². The van der Waals surface area contributed by atoms with Gasteiger partial charge in [-0.15, -0.1) is 0 Å². The summed E-state index contributed by atoms with van der Waals surface area (Å²) in [6, 6.07) is 13.2. The molecule has 1 aliphatic rings. The fourth-order valence-corrected chi connectivity index (χ4v) is 3.60. The van der Waals surface area contributed by atoms with Crippen LogP contribution in [0.5, 0.6) is 0 Å². The second kappa shape index (κ2) is 8.78. The molecule has 3 rings (SSSR count). The van der Waals surface area contributed by atoms with Crippen LogP contribution in [0.3, 0.4) is 0 Å². The summed E-state index contributed by atoms with van der Waals surface area (Å²) in [5, 5.41) is 20.9. The molecule has 6 nitrogen and oxygen atoms in total. The number of hydrogen-bond acceptors (Lipinski definition) is 4. The number of amides is 1. The second-order valence-electron chi connectivity index (χ2n) is 7.31. The van der Waals surface area contributed by atoms with E-state index < -0.39 is 17.8 Å². The lowest BCUT2D eigenvalue weighted by atomic mass is 9.78. The second-order valence-corrected chi connectivity index (χ2v) is 7.31. The van der Waals surface area contributed by atoms with Gasteiger partial charge < -0.3 is 10.4 Å². The van der Waals surface area contributed by atoms with Crippen molar-refractivity contribution in [2.45, 2.75) is 39.5 Å². The van der Waals surface area contributed by atoms with E-state index in [9.17, 15) is 14.7 Å². The number of nitrogens with one attached hydrogen (secondary N) is 1. The SMILES string of the molecule is Cc1ccccc1N=Nc1ccc(NC(=O)C2CCCCC2C(=O)O)cc1C. The van der Waals surface area contributed by atoms with Gasteiger partial charge in [-0.3, -0.25) is 9.59 Å². The monoisotopic (exact) mass is 379 g/mol. The average molecular weight is 379 g/mol. The van der Waals surface area contributed by atoms with Gasteiger partial charge in [0.15, 0.2) is 0 Å². The van der Waals surface area contributed by atoms with Crippen LogP contribution in [-0.2, 0) is 9.59 Å². The Balaban J connectivity index is 1.71. The van der Waals surface area contributed by atoms with Gasteiger partial charge in [-0.05, 0) is 62.1 Å². The van der Waals surface area contributed by atoms with E-state index in [2.05, 4.69) is 15.5 Å². The van der Waals surface area contributed by atoms with Crippen molar-refractivity contribution in [3.63, 3.8) is 0 Å². The Morgan fingerprint density at radius 2 is 1.57 bits per heavy atom. The molecule has 1 amide bonds. The lowest BCUT2D eigenvalue weighted by Crippen LogP contribution is -2.36. The molecule has 0 spiro atoms. The lowest BCUT2D eigenvalue weighted by Gasteiger charge is -2.27. The van der Waals surface area contributed by atoms with Crippen LogP contribution in [0, 0.1) is 25.7 Å². The van der Waals surface area contributed by atoms with Crippen LogP contribution in [0.25, 0.3) is 0 Å². The summed E-state index contributed by atoms with van der Waals surface area (Å²) in [4.78, 5) is 24.0. The quantitative estimate of drug-likeness (QED) is 0.667. The molecule has 1 saturated carbocycles. The van der Waals surface area contributed by atoms with Gasteiger partial charge >= 0.3 is 5.97 Å². The fraction of sp³-hybridized carbons (Fsp3) is 0.364. The van der Waals surface area contributed by atoms with Gasteiger partial charge in [-0.1, -0.05) is 31.0 Å². The van der Waals surface area contributed by atoms with E-state index in [0.717, 1.165) is 35.3 Å². The Labute approximate surface area is 164 Å². The molecule has 0 saturated heterocycles. The van der Waals surface area contributed by atoms with Crippen LogP contribution in [-0.4, -0.2) is 17.0 Å². The first-order valence-electron chi connectivity index (χ1n) is 9.57. The summed E-state index contributed by atoms with van der Waals surface area (Å²) in [5.74, 6) is -2.19. The van der Waals surface area contributed by atoms with E-state index in [1.54, 1.807) is 6.07 Å². The molecule has 2 N–H and O–H groups in total. The van der Waals surface area contributed by atoms with Gasteiger partial charge in [0, 0.05) is 5.69 Å². The van der Waals surface area contributed by atoms with Crippen LogP contribution >= 0.6 is 0 Å². The van der Waals surface area contributed by atoms with Crippen molar-refractivity contribution < 1.29 is 14.7 Å². The smallest absolute Gasteiger partial charge is 0.307 e. The first-order chi connectivity index (χ1) is 13.5. The summed E-state index contributed by atoms with van der Waals surface area (Å²) >= 11 is 0. The van der Waals surface area contributed by atoms with Crippen LogP contribution < -0.4 is 5.32 Å². The molecule has 0 radical (unpaired) electrons. The summed E-state index contributed by atoms with van der Waals surface area (Å²) in [7, 11) is 0. The molecule has 1 aliphatic carbocycles. The molecule has 1 fully saturated rings. The van der Waals surface area contributed by atoms with Crippen molar-refractivity contribution in [1.82, 2.24) is 0 Å². The Morgan fingerprint density at radius 1 is 0.929 bits per heavy atom. The molecule has 28 heavy (non-hydrogen) atoms. The minimum Gasteiger partial charge on any atom is -0.481 e. The van der Waals surface area contributed by atoms with Crippen LogP contribution in [0.4, 0.5) is 17.1 Å². The van der Waals surface area contributed by atoms with Crippen molar-refractivity contribution in [3.8, 4) is 0 Å². The Morgan fingerprint density at radius 3 is 2.21 bits per heavy atom. The first kappa shape index (κ1) is 19.7. The Kier molecular flexibility index (Phi) is 6.19. The van der Waals surface area contributed by atoms with E-state index in [1.807, 2.05) is 50.2 Å². The van der Waals surface area contributed by atoms with Gasteiger partial charge in [0.25, 0.3) is 0 Å². The van der Waals surface area contributed by atoms with Gasteiger partial charge in [-0.2, -0.15) is 10.2 Å². The van der Waals surface area contributed by atoms with Gasteiger partial charge in [0.1, 0.15) is 0 Å². The molecule has 0 heterocycles. The maximum absolute atomic E-state index is 12.6. The number of aryl methyl sites for hydroxylation is 2. The third-order valence-electron chi connectivity index (χ3n) is 5.27. The molecular formula is C22H25N3O3. The third kappa shape index (κ3) is 4.63. The highest BCUT2D eigenvalue weighted by Crippen LogP contribution is 2.32. The fourth-order valence-electron chi connectivity index (χ4n) is 3.60. The van der Waals surface area contributed by atoms with Crippen molar-refractivity contribution in [1.29, 1.82) is 0 Å². The van der Waals surface area contributed by atoms with E-state index >= 15 is 0 Å². The number of aliphatic carboxylic acids is 1. The third-order valence-corrected chi connectivity index (χ3v) is 5.27. The number of azo groups is 1. The van der Waals surface area contributed by atoms with Crippen LogP contribution in [0.2, 0.25) is 0 Å². The maximum atomic E-state index is 12.6. The molecule has 2 aromatic rings. The highest BCUT2D eigenvalue weighted by Gasteiger charge is 2.35. The maximum Gasteiger partial charge on any atom is 0.307 e. The Bertz CT molecular complexity index is 908. The van der Waals surface area contributed by atoms with E-state index in [0.29, 0.717) is 18.5 Å². The summed E-state index contributed by atoms with van der Waals surface area (Å²) in [6.45, 7) is 3.89. The van der Waals surface area contributed by atoms with E-state index in [4.69, 9.17) is 0 Å². The number of anilines is 1. The summed E-state index contributed by atoms with van der Waals surface area (Å²) in [6.07, 6.45) is 2.93.